The first-order chi connectivity index (χ1) is 12.0. The van der Waals surface area contributed by atoms with Crippen molar-refractivity contribution in [2.45, 2.75) is 19.8 Å². The van der Waals surface area contributed by atoms with Crippen molar-refractivity contribution in [1.29, 1.82) is 0 Å². The fourth-order valence-electron chi connectivity index (χ4n) is 2.65. The lowest BCUT2D eigenvalue weighted by molar-refractivity contribution is -0.135. The van der Waals surface area contributed by atoms with Gasteiger partial charge >= 0.3 is 5.97 Å². The molecular weight excluding hydrogens is 330 g/mol. The zero-order valence-corrected chi connectivity index (χ0v) is 13.1. The number of aromatic nitrogens is 2. The fourth-order valence-corrected chi connectivity index (χ4v) is 2.65. The number of carbonyl (C=O) groups excluding carboxylic acids is 1. The number of carboxylic acids is 1. The molecule has 9 heteroatoms. The molecule has 3 rings (SSSR count). The van der Waals surface area contributed by atoms with E-state index >= 15 is 0 Å². The summed E-state index contributed by atoms with van der Waals surface area (Å²) in [7, 11) is 0. The Morgan fingerprint density at radius 1 is 1.32 bits per heavy atom. The Balaban J connectivity index is 2.07. The third-order valence-corrected chi connectivity index (χ3v) is 3.81. The summed E-state index contributed by atoms with van der Waals surface area (Å²) in [6, 6.07) is 5.23. The molecule has 0 saturated carbocycles. The minimum atomic E-state index is -1.26. The normalized spacial score (nSPS) is 12.6. The number of nitrogens with one attached hydrogen (secondary N) is 1. The van der Waals surface area contributed by atoms with Crippen molar-refractivity contribution in [2.75, 3.05) is 6.54 Å². The van der Waals surface area contributed by atoms with Crippen molar-refractivity contribution in [3.05, 3.63) is 57.3 Å². The monoisotopic (exact) mass is 345 g/mol. The van der Waals surface area contributed by atoms with E-state index in [0.29, 0.717) is 17.0 Å². The van der Waals surface area contributed by atoms with Gasteiger partial charge in [0.25, 0.3) is 11.5 Å². The van der Waals surface area contributed by atoms with Gasteiger partial charge in [-0.15, -0.1) is 0 Å². The van der Waals surface area contributed by atoms with Crippen LogP contribution in [0.1, 0.15) is 27.3 Å². The molecule has 1 aliphatic heterocycles. The van der Waals surface area contributed by atoms with Crippen LogP contribution in [0.2, 0.25) is 0 Å². The van der Waals surface area contributed by atoms with Crippen molar-refractivity contribution in [3.63, 3.8) is 0 Å². The molecule has 0 spiro atoms. The average molecular weight is 345 g/mol. The first kappa shape index (κ1) is 16.7. The Morgan fingerprint density at radius 2 is 2.12 bits per heavy atom. The maximum absolute atomic E-state index is 12.8. The van der Waals surface area contributed by atoms with Gasteiger partial charge in [-0.2, -0.15) is 0 Å². The smallest absolute Gasteiger partial charge is 0.322 e. The van der Waals surface area contributed by atoms with Gasteiger partial charge in [0.2, 0.25) is 0 Å². The summed E-state index contributed by atoms with van der Waals surface area (Å²) in [6.45, 7) is -0.374. The van der Waals surface area contributed by atoms with Gasteiger partial charge in [-0.05, 0) is 12.1 Å². The Labute approximate surface area is 141 Å². The molecule has 9 nitrogen and oxygen atoms in total. The predicted octanol–water partition coefficient (Wildman–Crippen LogP) is -0.158. The Kier molecular flexibility index (Phi) is 4.48. The minimum absolute atomic E-state index is 0.0584. The van der Waals surface area contributed by atoms with Crippen LogP contribution in [0.25, 0.3) is 0 Å². The van der Waals surface area contributed by atoms with Gasteiger partial charge in [-0.3, -0.25) is 19.4 Å². The highest BCUT2D eigenvalue weighted by Crippen LogP contribution is 2.29. The highest BCUT2D eigenvalue weighted by molar-refractivity contribution is 5.98. The quantitative estimate of drug-likeness (QED) is 0.686. The number of hydrogen-bond donors (Lipinski definition) is 3. The van der Waals surface area contributed by atoms with E-state index in [2.05, 4.69) is 10.3 Å². The van der Waals surface area contributed by atoms with Crippen LogP contribution in [0.15, 0.2) is 29.2 Å². The maximum Gasteiger partial charge on any atom is 0.322 e. The van der Waals surface area contributed by atoms with E-state index in [-0.39, 0.29) is 19.8 Å². The number of rotatable bonds is 5. The van der Waals surface area contributed by atoms with E-state index in [4.69, 9.17) is 9.84 Å². The largest absolute Gasteiger partial charge is 0.506 e. The number of hydrogen-bond acceptors (Lipinski definition) is 6. The second kappa shape index (κ2) is 6.73. The summed E-state index contributed by atoms with van der Waals surface area (Å²) in [5.74, 6) is -2.68. The number of aromatic hydroxyl groups is 1. The summed E-state index contributed by atoms with van der Waals surface area (Å²) in [5, 5.41) is 21.1. The molecule has 0 radical (unpaired) electrons. The maximum atomic E-state index is 12.8. The van der Waals surface area contributed by atoms with Gasteiger partial charge in [0, 0.05) is 11.8 Å². The topological polar surface area (TPSA) is 131 Å². The van der Waals surface area contributed by atoms with E-state index in [1.165, 1.54) is 4.57 Å². The molecule has 130 valence electrons. The fraction of sp³-hybridized carbons (Fsp3) is 0.250. The molecule has 3 N–H and O–H groups in total. The van der Waals surface area contributed by atoms with Crippen molar-refractivity contribution in [3.8, 4) is 5.75 Å². The van der Waals surface area contributed by atoms with Crippen LogP contribution >= 0.6 is 0 Å². The molecule has 3 heterocycles. The summed E-state index contributed by atoms with van der Waals surface area (Å²) in [4.78, 5) is 39.7. The van der Waals surface area contributed by atoms with E-state index in [1.54, 1.807) is 24.4 Å². The zero-order valence-electron chi connectivity index (χ0n) is 13.1. The second-order valence-electron chi connectivity index (χ2n) is 5.43. The van der Waals surface area contributed by atoms with Crippen LogP contribution in [0, 0.1) is 0 Å². The Bertz CT molecular complexity index is 891. The first-order valence-electron chi connectivity index (χ1n) is 7.44. The predicted molar refractivity (Wildman–Crippen MR) is 84.2 cm³/mol. The zero-order chi connectivity index (χ0) is 18.0. The number of ether oxygens (including phenoxy) is 1. The minimum Gasteiger partial charge on any atom is -0.506 e. The number of nitrogens with zero attached hydrogens (tertiary/aromatic N) is 2. The van der Waals surface area contributed by atoms with E-state index in [0.717, 1.165) is 0 Å². The van der Waals surface area contributed by atoms with Gasteiger partial charge in [0.15, 0.2) is 0 Å². The van der Waals surface area contributed by atoms with E-state index in [1.807, 2.05) is 0 Å². The molecule has 0 atom stereocenters. The molecular formula is C16H15N3O6. The van der Waals surface area contributed by atoms with E-state index in [9.17, 15) is 19.5 Å². The number of aliphatic carboxylic acids is 1. The van der Waals surface area contributed by atoms with Gasteiger partial charge in [-0.1, -0.05) is 6.07 Å². The average Bonchev–Trinajstić information content (AvgIpc) is 3.08. The van der Waals surface area contributed by atoms with E-state index < -0.39 is 35.3 Å². The molecule has 0 unspecified atom stereocenters. The summed E-state index contributed by atoms with van der Waals surface area (Å²) in [5.41, 5.74) is 0.192. The van der Waals surface area contributed by atoms with Crippen molar-refractivity contribution < 1.29 is 24.5 Å². The van der Waals surface area contributed by atoms with Crippen LogP contribution in [0.5, 0.6) is 5.75 Å². The number of fused-ring (bicyclic) bond motifs is 1. The molecule has 0 aromatic carbocycles. The van der Waals surface area contributed by atoms with Gasteiger partial charge in [-0.25, -0.2) is 0 Å². The number of carboxylic acid groups (broad SMARTS) is 1. The SMILES string of the molecule is O=C(O)CNC(=O)c1c(O)c2c(n(Cc3ccccn3)c1=O)COC2. The van der Waals surface area contributed by atoms with Crippen LogP contribution in [0.4, 0.5) is 0 Å². The molecule has 0 fully saturated rings. The van der Waals surface area contributed by atoms with Crippen LogP contribution in [-0.4, -0.2) is 38.2 Å². The summed E-state index contributed by atoms with van der Waals surface area (Å²) < 4.78 is 6.62. The summed E-state index contributed by atoms with van der Waals surface area (Å²) >= 11 is 0. The molecule has 1 aliphatic rings. The molecule has 0 aliphatic carbocycles. The van der Waals surface area contributed by atoms with Gasteiger partial charge in [0.05, 0.1) is 31.1 Å². The first-order valence-corrected chi connectivity index (χ1v) is 7.44. The molecule has 1 amide bonds. The third kappa shape index (κ3) is 3.22. The van der Waals surface area contributed by atoms with Crippen molar-refractivity contribution in [2.24, 2.45) is 0 Å². The number of amides is 1. The van der Waals surface area contributed by atoms with Gasteiger partial charge in [0.1, 0.15) is 17.9 Å². The second-order valence-corrected chi connectivity index (χ2v) is 5.43. The van der Waals surface area contributed by atoms with Crippen molar-refractivity contribution in [1.82, 2.24) is 14.9 Å². The van der Waals surface area contributed by atoms with Gasteiger partial charge < -0.3 is 24.8 Å². The number of carbonyl (C=O) groups is 2. The highest BCUT2D eigenvalue weighted by Gasteiger charge is 2.29. The molecule has 0 bridgehead atoms. The molecule has 25 heavy (non-hydrogen) atoms. The Morgan fingerprint density at radius 3 is 2.80 bits per heavy atom. The van der Waals surface area contributed by atoms with Crippen molar-refractivity contribution >= 4 is 11.9 Å². The van der Waals surface area contributed by atoms with Crippen LogP contribution in [0.3, 0.4) is 0 Å². The number of pyridine rings is 2. The standard InChI is InChI=1S/C16H15N3O6/c20-12(21)5-18-15(23)13-14(22)10-7-25-8-11(10)19(16(13)24)6-9-3-1-2-4-17-9/h1-4,22H,5-8H2,(H,18,23)(H,20,21). The third-order valence-electron chi connectivity index (χ3n) is 3.81. The van der Waals surface area contributed by atoms with Crippen LogP contribution in [-0.2, 0) is 29.3 Å². The molecule has 2 aromatic heterocycles. The lowest BCUT2D eigenvalue weighted by atomic mass is 10.1. The summed E-state index contributed by atoms with van der Waals surface area (Å²) in [6.07, 6.45) is 1.58. The lowest BCUT2D eigenvalue weighted by Gasteiger charge is -2.15. The molecule has 0 saturated heterocycles. The van der Waals surface area contributed by atoms with Crippen LogP contribution < -0.4 is 10.9 Å². The highest BCUT2D eigenvalue weighted by atomic mass is 16.5. The molecule has 2 aromatic rings. The Hall–Kier alpha value is -3.20. The lowest BCUT2D eigenvalue weighted by Crippen LogP contribution is -2.37.